The highest BCUT2D eigenvalue weighted by molar-refractivity contribution is 5.96. The van der Waals surface area contributed by atoms with Crippen LogP contribution in [0.15, 0.2) is 24.3 Å². The zero-order chi connectivity index (χ0) is 18.1. The van der Waals surface area contributed by atoms with E-state index >= 15 is 0 Å². The van der Waals surface area contributed by atoms with E-state index < -0.39 is 18.5 Å². The number of nitrogens with zero attached hydrogens (tertiary/aromatic N) is 1. The molecule has 0 aliphatic carbocycles. The van der Waals surface area contributed by atoms with Crippen LogP contribution < -0.4 is 10.6 Å². The number of rotatable bonds is 7. The van der Waals surface area contributed by atoms with Gasteiger partial charge in [-0.2, -0.15) is 0 Å². The van der Waals surface area contributed by atoms with Gasteiger partial charge in [0.1, 0.15) is 0 Å². The van der Waals surface area contributed by atoms with E-state index in [2.05, 4.69) is 10.6 Å². The summed E-state index contributed by atoms with van der Waals surface area (Å²) in [5.74, 6) is -1.45. The number of carbonyl (C=O) groups is 4. The lowest BCUT2D eigenvalue weighted by molar-refractivity contribution is -0.147. The van der Waals surface area contributed by atoms with Gasteiger partial charge in [-0.25, -0.2) is 0 Å². The first-order chi connectivity index (χ1) is 11.3. The molecule has 0 saturated heterocycles. The van der Waals surface area contributed by atoms with E-state index in [1.165, 1.54) is 11.8 Å². The van der Waals surface area contributed by atoms with Gasteiger partial charge < -0.3 is 20.3 Å². The summed E-state index contributed by atoms with van der Waals surface area (Å²) in [7, 11) is 3.30. The first kappa shape index (κ1) is 19.1. The highest BCUT2D eigenvalue weighted by Crippen LogP contribution is 2.10. The minimum absolute atomic E-state index is 0.00575. The maximum atomic E-state index is 11.7. The normalized spacial score (nSPS) is 9.79. The second-order valence-electron chi connectivity index (χ2n) is 5.22. The fraction of sp³-hybridized carbons (Fsp3) is 0.375. The van der Waals surface area contributed by atoms with Crippen molar-refractivity contribution in [3.8, 4) is 0 Å². The highest BCUT2D eigenvalue weighted by Gasteiger charge is 2.10. The van der Waals surface area contributed by atoms with Crippen LogP contribution in [0.25, 0.3) is 0 Å². The number of carbonyl (C=O) groups excluding carboxylic acids is 4. The fourth-order valence-electron chi connectivity index (χ4n) is 1.71. The lowest BCUT2D eigenvalue weighted by atomic mass is 10.2. The Labute approximate surface area is 140 Å². The van der Waals surface area contributed by atoms with Crippen molar-refractivity contribution >= 4 is 29.4 Å². The quantitative estimate of drug-likeness (QED) is 0.702. The van der Waals surface area contributed by atoms with Gasteiger partial charge in [-0.05, 0) is 24.3 Å². The maximum absolute atomic E-state index is 11.7. The fourth-order valence-corrected chi connectivity index (χ4v) is 1.71. The third-order valence-electron chi connectivity index (χ3n) is 2.89. The second-order valence-corrected chi connectivity index (χ2v) is 5.22. The molecule has 0 aromatic heterocycles. The van der Waals surface area contributed by atoms with Crippen LogP contribution in [0.4, 0.5) is 5.69 Å². The molecule has 0 bridgehead atoms. The SMILES string of the molecule is CC(=O)NCCC(=O)OCC(=O)Nc1ccc(C(=O)N(C)C)cc1. The molecule has 1 aromatic rings. The summed E-state index contributed by atoms with van der Waals surface area (Å²) in [6.07, 6.45) is -0.00575. The topological polar surface area (TPSA) is 105 Å². The third kappa shape index (κ3) is 6.91. The van der Waals surface area contributed by atoms with Gasteiger partial charge in [-0.3, -0.25) is 19.2 Å². The molecule has 2 N–H and O–H groups in total. The van der Waals surface area contributed by atoms with Crippen LogP contribution in [0.2, 0.25) is 0 Å². The summed E-state index contributed by atoms with van der Waals surface area (Å²) in [5.41, 5.74) is 0.993. The minimum Gasteiger partial charge on any atom is -0.456 e. The number of nitrogens with one attached hydrogen (secondary N) is 2. The highest BCUT2D eigenvalue weighted by atomic mass is 16.5. The summed E-state index contributed by atoms with van der Waals surface area (Å²) in [6, 6.07) is 6.37. The molecular formula is C16H21N3O5. The molecule has 0 fully saturated rings. The van der Waals surface area contributed by atoms with Crippen molar-refractivity contribution in [3.63, 3.8) is 0 Å². The van der Waals surface area contributed by atoms with Crippen molar-refractivity contribution in [2.45, 2.75) is 13.3 Å². The molecule has 0 spiro atoms. The molecule has 0 heterocycles. The molecule has 8 nitrogen and oxygen atoms in total. The van der Waals surface area contributed by atoms with Crippen LogP contribution in [0.1, 0.15) is 23.7 Å². The van der Waals surface area contributed by atoms with Gasteiger partial charge in [-0.15, -0.1) is 0 Å². The first-order valence-electron chi connectivity index (χ1n) is 7.31. The molecule has 130 valence electrons. The number of ether oxygens (including phenoxy) is 1. The van der Waals surface area contributed by atoms with Crippen molar-refractivity contribution in [1.82, 2.24) is 10.2 Å². The molecule has 0 atom stereocenters. The van der Waals surface area contributed by atoms with Crippen LogP contribution in [0.5, 0.6) is 0 Å². The monoisotopic (exact) mass is 335 g/mol. The predicted molar refractivity (Wildman–Crippen MR) is 87.3 cm³/mol. The van der Waals surface area contributed by atoms with Gasteiger partial charge in [0.25, 0.3) is 11.8 Å². The Balaban J connectivity index is 2.38. The van der Waals surface area contributed by atoms with Crippen LogP contribution in [-0.4, -0.2) is 55.8 Å². The average Bonchev–Trinajstić information content (AvgIpc) is 2.52. The molecule has 0 saturated carbocycles. The standard InChI is InChI=1S/C16H21N3O5/c1-11(20)17-9-8-15(22)24-10-14(21)18-13-6-4-12(5-7-13)16(23)19(2)3/h4-7H,8-10H2,1-3H3,(H,17,20)(H,18,21). The molecule has 3 amide bonds. The second kappa shape index (κ2) is 9.29. The Morgan fingerprint density at radius 1 is 1.08 bits per heavy atom. The van der Waals surface area contributed by atoms with E-state index in [-0.39, 0.29) is 24.8 Å². The van der Waals surface area contributed by atoms with E-state index in [4.69, 9.17) is 4.74 Å². The van der Waals surface area contributed by atoms with Crippen molar-refractivity contribution < 1.29 is 23.9 Å². The smallest absolute Gasteiger partial charge is 0.308 e. The van der Waals surface area contributed by atoms with E-state index in [9.17, 15) is 19.2 Å². The zero-order valence-corrected chi connectivity index (χ0v) is 13.9. The third-order valence-corrected chi connectivity index (χ3v) is 2.89. The average molecular weight is 335 g/mol. The number of benzene rings is 1. The summed E-state index contributed by atoms with van der Waals surface area (Å²) in [6.45, 7) is 1.09. The summed E-state index contributed by atoms with van der Waals surface area (Å²) in [5, 5.41) is 5.01. The van der Waals surface area contributed by atoms with E-state index in [1.54, 1.807) is 38.4 Å². The maximum Gasteiger partial charge on any atom is 0.308 e. The molecule has 1 rings (SSSR count). The number of anilines is 1. The Hall–Kier alpha value is -2.90. The molecule has 1 aromatic carbocycles. The lowest BCUT2D eigenvalue weighted by Gasteiger charge is -2.11. The van der Waals surface area contributed by atoms with Gasteiger partial charge in [0.15, 0.2) is 6.61 Å². The van der Waals surface area contributed by atoms with Crippen molar-refractivity contribution in [1.29, 1.82) is 0 Å². The molecule has 0 aliphatic heterocycles. The molecule has 0 unspecified atom stereocenters. The summed E-state index contributed by atoms with van der Waals surface area (Å²) < 4.78 is 4.79. The van der Waals surface area contributed by atoms with E-state index in [0.29, 0.717) is 11.3 Å². The van der Waals surface area contributed by atoms with Gasteiger partial charge in [0.05, 0.1) is 6.42 Å². The molecule has 8 heteroatoms. The summed E-state index contributed by atoms with van der Waals surface area (Å²) in [4.78, 5) is 46.9. The molecular weight excluding hydrogens is 314 g/mol. The van der Waals surface area contributed by atoms with Crippen LogP contribution in [-0.2, 0) is 19.1 Å². The van der Waals surface area contributed by atoms with Crippen molar-refractivity contribution in [2.24, 2.45) is 0 Å². The first-order valence-corrected chi connectivity index (χ1v) is 7.31. The molecule has 0 radical (unpaired) electrons. The van der Waals surface area contributed by atoms with E-state index in [0.717, 1.165) is 0 Å². The number of amides is 3. The number of hydrogen-bond donors (Lipinski definition) is 2. The molecule has 24 heavy (non-hydrogen) atoms. The largest absolute Gasteiger partial charge is 0.456 e. The van der Waals surface area contributed by atoms with Gasteiger partial charge in [-0.1, -0.05) is 0 Å². The van der Waals surface area contributed by atoms with Gasteiger partial charge >= 0.3 is 5.97 Å². The number of esters is 1. The van der Waals surface area contributed by atoms with E-state index in [1.807, 2.05) is 0 Å². The minimum atomic E-state index is -0.578. The Morgan fingerprint density at radius 3 is 2.25 bits per heavy atom. The Kier molecular flexibility index (Phi) is 7.41. The predicted octanol–water partition coefficient (Wildman–Crippen LogP) is 0.396. The van der Waals surface area contributed by atoms with Crippen LogP contribution in [0, 0.1) is 0 Å². The Bertz CT molecular complexity index is 611. The van der Waals surface area contributed by atoms with Crippen molar-refractivity contribution in [3.05, 3.63) is 29.8 Å². The van der Waals surface area contributed by atoms with Gasteiger partial charge in [0.2, 0.25) is 5.91 Å². The van der Waals surface area contributed by atoms with Crippen LogP contribution >= 0.6 is 0 Å². The molecule has 0 aliphatic rings. The number of hydrogen-bond acceptors (Lipinski definition) is 5. The summed E-state index contributed by atoms with van der Waals surface area (Å²) >= 11 is 0. The zero-order valence-electron chi connectivity index (χ0n) is 13.9. The van der Waals surface area contributed by atoms with Gasteiger partial charge in [0, 0.05) is 38.8 Å². The van der Waals surface area contributed by atoms with Crippen LogP contribution in [0.3, 0.4) is 0 Å². The Morgan fingerprint density at radius 2 is 1.71 bits per heavy atom. The lowest BCUT2D eigenvalue weighted by Crippen LogP contribution is -2.26. The van der Waals surface area contributed by atoms with Crippen molar-refractivity contribution in [2.75, 3.05) is 32.6 Å².